The van der Waals surface area contributed by atoms with E-state index in [-0.39, 0.29) is 126 Å². The van der Waals surface area contributed by atoms with E-state index < -0.39 is 94.7 Å². The number of carbonyl (C=O) groups is 7. The largest absolute Gasteiger partial charge is 0.501 e. The second-order valence-corrected chi connectivity index (χ2v) is 26.7. The summed E-state index contributed by atoms with van der Waals surface area (Å²) < 4.78 is 105. The number of anilines is 2. The van der Waals surface area contributed by atoms with Gasteiger partial charge < -0.3 is 86.6 Å². The van der Waals surface area contributed by atoms with E-state index in [0.717, 1.165) is 51.0 Å². The highest BCUT2D eigenvalue weighted by Gasteiger charge is 2.54. The Morgan fingerprint density at radius 2 is 1.19 bits per heavy atom. The maximum Gasteiger partial charge on any atom is 0.501 e. The van der Waals surface area contributed by atoms with Gasteiger partial charge in [-0.3, -0.25) is 33.6 Å². The summed E-state index contributed by atoms with van der Waals surface area (Å²) >= 11 is 3.31. The summed E-state index contributed by atoms with van der Waals surface area (Å²) in [6, 6.07) is 17.3. The van der Waals surface area contributed by atoms with Crippen LogP contribution < -0.4 is 43.5 Å². The number of rotatable bonds is 30. The van der Waals surface area contributed by atoms with Crippen molar-refractivity contribution in [2.75, 3.05) is 65.6 Å². The molecule has 3 amide bonds. The Morgan fingerprint density at radius 1 is 0.653 bits per heavy atom. The van der Waals surface area contributed by atoms with Crippen LogP contribution in [0.2, 0.25) is 0 Å². The Balaban J connectivity index is 1.06. The summed E-state index contributed by atoms with van der Waals surface area (Å²) in [4.78, 5) is 103. The van der Waals surface area contributed by atoms with Gasteiger partial charge in [-0.25, -0.2) is 0 Å². The van der Waals surface area contributed by atoms with Crippen LogP contribution in [-0.2, 0) is 97.1 Å². The number of amides is 3. The lowest BCUT2D eigenvalue weighted by molar-refractivity contribution is -0.288. The smallest absolute Gasteiger partial charge is 0.493 e. The highest BCUT2D eigenvalue weighted by atomic mass is 32.3. The van der Waals surface area contributed by atoms with E-state index in [4.69, 9.17) is 77.5 Å². The van der Waals surface area contributed by atoms with Crippen molar-refractivity contribution in [1.82, 2.24) is 14.7 Å². The molecule has 2 aromatic heterocycles. The Hall–Kier alpha value is -10.1. The fourth-order valence-corrected chi connectivity index (χ4v) is 14.4. The van der Waals surface area contributed by atoms with Crippen molar-refractivity contribution in [2.45, 2.75) is 136 Å². The van der Waals surface area contributed by atoms with E-state index in [1.165, 1.54) is 78.4 Å². The number of hydrogen-bond acceptors (Lipinski definition) is 27. The van der Waals surface area contributed by atoms with Gasteiger partial charge >= 0.3 is 34.3 Å². The highest BCUT2D eigenvalue weighted by molar-refractivity contribution is 7.82. The fourth-order valence-electron chi connectivity index (χ4n) is 11.7. The van der Waals surface area contributed by atoms with Crippen molar-refractivity contribution in [3.8, 4) is 40.2 Å². The average Bonchev–Trinajstić information content (AvgIpc) is 0.980. The number of nitrogens with two attached hydrogens (primary N) is 2. The highest BCUT2D eigenvalue weighted by Crippen LogP contribution is 2.41. The Bertz CT molecular complexity index is 4070. The van der Waals surface area contributed by atoms with Crippen LogP contribution in [0.15, 0.2) is 88.7 Å². The van der Waals surface area contributed by atoms with Gasteiger partial charge in [0.2, 0.25) is 12.4 Å². The number of likely N-dealkylation sites (N-methyl/N-ethyl adjacent to an activating group) is 1. The van der Waals surface area contributed by atoms with E-state index in [2.05, 4.69) is 10.0 Å². The van der Waals surface area contributed by atoms with Crippen molar-refractivity contribution in [3.63, 3.8) is 0 Å². The summed E-state index contributed by atoms with van der Waals surface area (Å²) in [7, 11) is -1.21. The number of ether oxygens (including phenoxy) is 11. The van der Waals surface area contributed by atoms with Gasteiger partial charge in [-0.05, 0) is 112 Å². The maximum atomic E-state index is 14.7. The lowest BCUT2D eigenvalue weighted by atomic mass is 9.98. The van der Waals surface area contributed by atoms with Crippen molar-refractivity contribution in [2.24, 2.45) is 5.11 Å². The molecule has 3 aliphatic rings. The van der Waals surface area contributed by atoms with E-state index in [0.29, 0.717) is 38.8 Å². The topological polar surface area (TPSA) is 384 Å². The SMILES string of the molecule is CC[C@@H]1Cc2sccc2CN1C(=O)c1cc(OC)c(OCc2cc(COc3cc(N)c(C(=O)N4Cc5ccsc5C[C@@H]4CC)cc3OC)cc(OS(=O)(=O)Oc3cc(C(=O)N(C)CCOCCN=[N+]=[N-])ccc3O[C@@H]3O[C@H](COC(C)=O)[C@H](OC(C)=O)[C@H](OC(C)=O)[C@H]3OC(C)=O)c2)cc1N. The van der Waals surface area contributed by atoms with Crippen LogP contribution >= 0.6 is 22.7 Å². The second kappa shape index (κ2) is 33.9. The van der Waals surface area contributed by atoms with E-state index in [1.54, 1.807) is 38.5 Å². The first-order chi connectivity index (χ1) is 48.3. The molecule has 1 saturated heterocycles. The number of carbonyl (C=O) groups excluding carboxylic acids is 7. The van der Waals surface area contributed by atoms with Gasteiger partial charge in [0.05, 0.1) is 38.6 Å². The molecule has 0 spiro atoms. The minimum absolute atomic E-state index is 0.00915. The normalized spacial score (nSPS) is 18.4. The van der Waals surface area contributed by atoms with Crippen LogP contribution in [0.5, 0.6) is 40.2 Å². The Kier molecular flexibility index (Phi) is 25.2. The number of nitrogens with zero attached hydrogens (tertiary/aromatic N) is 6. The van der Waals surface area contributed by atoms with Gasteiger partial charge in [-0.15, -0.1) is 31.1 Å². The third kappa shape index (κ3) is 18.9. The van der Waals surface area contributed by atoms with Crippen molar-refractivity contribution in [1.29, 1.82) is 0 Å². The third-order valence-corrected chi connectivity index (χ3v) is 19.3. The molecule has 540 valence electrons. The molecular weight excluding hydrogens is 1380 g/mol. The molecule has 30 nitrogen and oxygen atoms in total. The molecule has 5 heterocycles. The van der Waals surface area contributed by atoms with E-state index in [9.17, 15) is 42.0 Å². The van der Waals surface area contributed by atoms with Gasteiger partial charge in [-0.2, -0.15) is 0 Å². The summed E-state index contributed by atoms with van der Waals surface area (Å²) in [5.74, 6) is -6.12. The molecule has 101 heavy (non-hydrogen) atoms. The second-order valence-electron chi connectivity index (χ2n) is 23.6. The van der Waals surface area contributed by atoms with Crippen LogP contribution in [0.1, 0.15) is 117 Å². The molecule has 0 radical (unpaired) electrons. The first-order valence-corrected chi connectivity index (χ1v) is 35.0. The van der Waals surface area contributed by atoms with Gasteiger partial charge in [0.1, 0.15) is 31.7 Å². The molecule has 3 aliphatic heterocycles. The lowest BCUT2D eigenvalue weighted by Crippen LogP contribution is -2.63. The van der Waals surface area contributed by atoms with Gasteiger partial charge in [-0.1, -0.05) is 19.0 Å². The molecule has 33 heteroatoms. The van der Waals surface area contributed by atoms with Crippen LogP contribution in [0.3, 0.4) is 0 Å². The van der Waals surface area contributed by atoms with Crippen LogP contribution in [0.4, 0.5) is 11.4 Å². The molecule has 4 aromatic carbocycles. The first kappa shape index (κ1) is 75.2. The van der Waals surface area contributed by atoms with Crippen molar-refractivity contribution >= 4 is 86.0 Å². The quantitative estimate of drug-likeness (QED) is 0.00809. The molecule has 0 bridgehead atoms. The number of fused-ring (bicyclic) bond motifs is 2. The minimum atomic E-state index is -5.43. The summed E-state index contributed by atoms with van der Waals surface area (Å²) in [6.07, 6.45) is -5.77. The molecule has 0 aliphatic carbocycles. The summed E-state index contributed by atoms with van der Waals surface area (Å²) in [6.45, 7) is 7.70. The first-order valence-electron chi connectivity index (χ1n) is 32.0. The van der Waals surface area contributed by atoms with Gasteiger partial charge in [0.15, 0.2) is 46.7 Å². The molecule has 0 unspecified atom stereocenters. The van der Waals surface area contributed by atoms with E-state index >= 15 is 0 Å². The third-order valence-electron chi connectivity index (χ3n) is 16.6. The fraction of sp³-hybridized carbons (Fsp3) is 0.426. The van der Waals surface area contributed by atoms with Crippen LogP contribution in [0, 0.1) is 0 Å². The molecular formula is C68H78N8O22S3. The molecule has 9 rings (SSSR count). The zero-order valence-corrected chi connectivity index (χ0v) is 59.3. The predicted molar refractivity (Wildman–Crippen MR) is 365 cm³/mol. The monoisotopic (exact) mass is 1450 g/mol. The zero-order chi connectivity index (χ0) is 72.8. The molecule has 7 atom stereocenters. The summed E-state index contributed by atoms with van der Waals surface area (Å²) in [5, 5.41) is 7.43. The van der Waals surface area contributed by atoms with Crippen LogP contribution in [0.25, 0.3) is 10.4 Å². The Morgan fingerprint density at radius 3 is 1.69 bits per heavy atom. The molecule has 1 fully saturated rings. The number of benzene rings is 4. The van der Waals surface area contributed by atoms with Gasteiger partial charge in [0, 0.05) is 130 Å². The number of azide groups is 1. The van der Waals surface area contributed by atoms with E-state index in [1.807, 2.05) is 36.7 Å². The Labute approximate surface area is 590 Å². The molecule has 0 saturated carbocycles. The lowest BCUT2D eigenvalue weighted by Gasteiger charge is -2.43. The average molecular weight is 1460 g/mol. The number of thiophene rings is 2. The molecule has 6 aromatic rings. The van der Waals surface area contributed by atoms with Gasteiger partial charge in [0.25, 0.3) is 17.7 Å². The van der Waals surface area contributed by atoms with Crippen molar-refractivity contribution in [3.05, 3.63) is 143 Å². The standard InChI is InChI=1S/C68H78N8O22S3/c1-10-46-26-60-44(14-20-99-60)32-75(46)66(82)49-28-54(86-8)56(30-51(49)69)90-34-41-22-42(35-91-57-31-52(70)50(29-55(57)87-9)67(83)76-33-45-15-21-100-61(45)27-47(76)11-2)24-48(23-41)97-101(84,85)98-58-25-43(65(81)74(7)17-19-88-18-16-72-73-71)12-13-53(58)95-68-64(94-40(6)80)63(93-39(5)79)62(92-38(4)78)59(96-68)36-89-37(3)77/h12-15,20-25,28-31,46-47,59,62-64,68H,10-11,16-19,26-27,32-36,69-70H2,1-9H3/t46-,47+,59-,62+,63+,64-,68-/m1/s1. The predicted octanol–water partition coefficient (Wildman–Crippen LogP) is 8.67. The van der Waals surface area contributed by atoms with Crippen LogP contribution in [-0.4, -0.2) is 162 Å². The minimum Gasteiger partial charge on any atom is -0.493 e. The number of methoxy groups -OCH3 is 2. The molecule has 4 N–H and O–H groups in total. The number of hydrogen-bond donors (Lipinski definition) is 2. The maximum absolute atomic E-state index is 14.7. The van der Waals surface area contributed by atoms with Crippen molar-refractivity contribution < 1.29 is 102 Å². The zero-order valence-electron chi connectivity index (χ0n) is 56.9. The number of nitrogen functional groups attached to an aromatic ring is 2. The summed E-state index contributed by atoms with van der Waals surface area (Å²) in [5.41, 5.74) is 25.0. The number of esters is 4.